The van der Waals surface area contributed by atoms with E-state index < -0.39 is 30.0 Å². The van der Waals surface area contributed by atoms with Crippen LogP contribution in [0.3, 0.4) is 0 Å². The zero-order chi connectivity index (χ0) is 16.9. The maximum atomic E-state index is 12.0. The summed E-state index contributed by atoms with van der Waals surface area (Å²) in [5.41, 5.74) is 0.0454. The first-order valence-electron chi connectivity index (χ1n) is 6.53. The second-order valence-corrected chi connectivity index (χ2v) is 4.75. The molecule has 2 N–H and O–H groups in total. The van der Waals surface area contributed by atoms with Crippen LogP contribution in [-0.2, 0) is 4.79 Å². The molecular weight excluding hydrogens is 303 g/mol. The van der Waals surface area contributed by atoms with Crippen LogP contribution in [0.4, 0.5) is 13.2 Å². The first-order valence-corrected chi connectivity index (χ1v) is 6.53. The molecule has 0 aliphatic carbocycles. The molecule has 122 valence electrons. The lowest BCUT2D eigenvalue weighted by molar-refractivity contribution is -0.274. The second kappa shape index (κ2) is 7.15. The average molecular weight is 319 g/mol. The van der Waals surface area contributed by atoms with E-state index in [-0.39, 0.29) is 11.5 Å². The number of carboxylic acid groups (broad SMARTS) is 1. The van der Waals surface area contributed by atoms with Crippen molar-refractivity contribution in [1.29, 1.82) is 0 Å². The normalized spacial score (nSPS) is 14.0. The van der Waals surface area contributed by atoms with Crippen LogP contribution >= 0.6 is 0 Å². The molecule has 0 bridgehead atoms. The number of aliphatic carboxylic acids is 1. The van der Waals surface area contributed by atoms with Crippen molar-refractivity contribution in [3.05, 3.63) is 29.8 Å². The van der Waals surface area contributed by atoms with Crippen LogP contribution in [0.15, 0.2) is 24.3 Å². The van der Waals surface area contributed by atoms with Crippen LogP contribution in [0.5, 0.6) is 5.75 Å². The van der Waals surface area contributed by atoms with Crippen LogP contribution in [0, 0.1) is 5.92 Å². The van der Waals surface area contributed by atoms with Gasteiger partial charge in [0.2, 0.25) is 0 Å². The monoisotopic (exact) mass is 319 g/mol. The minimum atomic E-state index is -4.81. The Morgan fingerprint density at radius 2 is 1.82 bits per heavy atom. The van der Waals surface area contributed by atoms with Gasteiger partial charge in [-0.2, -0.15) is 0 Å². The number of hydrogen-bond acceptors (Lipinski definition) is 3. The number of rotatable bonds is 6. The van der Waals surface area contributed by atoms with Gasteiger partial charge in [-0.3, -0.25) is 4.79 Å². The van der Waals surface area contributed by atoms with Gasteiger partial charge in [-0.05, 0) is 30.2 Å². The van der Waals surface area contributed by atoms with Crippen molar-refractivity contribution in [3.63, 3.8) is 0 Å². The molecule has 1 rings (SSSR count). The summed E-state index contributed by atoms with van der Waals surface area (Å²) < 4.78 is 39.8. The Bertz CT molecular complexity index is 528. The summed E-state index contributed by atoms with van der Waals surface area (Å²) in [6.07, 6.45) is -4.26. The zero-order valence-electron chi connectivity index (χ0n) is 12.0. The van der Waals surface area contributed by atoms with Crippen molar-refractivity contribution in [1.82, 2.24) is 5.32 Å². The van der Waals surface area contributed by atoms with E-state index in [1.165, 1.54) is 0 Å². The fourth-order valence-corrected chi connectivity index (χ4v) is 1.72. The predicted molar refractivity (Wildman–Crippen MR) is 71.5 cm³/mol. The Morgan fingerprint density at radius 1 is 1.27 bits per heavy atom. The first-order chi connectivity index (χ1) is 10.1. The molecule has 0 fully saturated rings. The lowest BCUT2D eigenvalue weighted by atomic mass is 9.99. The maximum Gasteiger partial charge on any atom is 0.573 e. The Morgan fingerprint density at radius 3 is 2.23 bits per heavy atom. The van der Waals surface area contributed by atoms with E-state index in [0.717, 1.165) is 24.3 Å². The summed E-state index contributed by atoms with van der Waals surface area (Å²) >= 11 is 0. The number of carbonyl (C=O) groups is 2. The SMILES string of the molecule is CCC(C)C(NC(=O)c1ccc(OC(F)(F)F)cc1)C(=O)O. The first kappa shape index (κ1) is 17.8. The van der Waals surface area contributed by atoms with Crippen molar-refractivity contribution in [2.75, 3.05) is 0 Å². The van der Waals surface area contributed by atoms with Gasteiger partial charge in [-0.15, -0.1) is 13.2 Å². The molecule has 1 amide bonds. The smallest absolute Gasteiger partial charge is 0.480 e. The average Bonchev–Trinajstić information content (AvgIpc) is 2.42. The third-order valence-electron chi connectivity index (χ3n) is 3.12. The van der Waals surface area contributed by atoms with E-state index in [4.69, 9.17) is 5.11 Å². The van der Waals surface area contributed by atoms with Gasteiger partial charge in [0.05, 0.1) is 0 Å². The Balaban J connectivity index is 2.79. The van der Waals surface area contributed by atoms with Crippen molar-refractivity contribution >= 4 is 11.9 Å². The topological polar surface area (TPSA) is 75.6 Å². The number of ether oxygens (including phenoxy) is 1. The molecule has 1 aromatic rings. The van der Waals surface area contributed by atoms with Gasteiger partial charge in [0, 0.05) is 5.56 Å². The van der Waals surface area contributed by atoms with E-state index in [0.29, 0.717) is 6.42 Å². The summed E-state index contributed by atoms with van der Waals surface area (Å²) in [7, 11) is 0. The van der Waals surface area contributed by atoms with E-state index in [1.54, 1.807) is 13.8 Å². The summed E-state index contributed by atoms with van der Waals surface area (Å²) in [4.78, 5) is 23.1. The van der Waals surface area contributed by atoms with Crippen molar-refractivity contribution in [3.8, 4) is 5.75 Å². The van der Waals surface area contributed by atoms with Crippen molar-refractivity contribution in [2.24, 2.45) is 5.92 Å². The molecule has 0 spiro atoms. The number of hydrogen-bond donors (Lipinski definition) is 2. The summed E-state index contributed by atoms with van der Waals surface area (Å²) in [5, 5.41) is 11.4. The maximum absolute atomic E-state index is 12.0. The molecule has 2 atom stereocenters. The van der Waals surface area contributed by atoms with E-state index >= 15 is 0 Å². The van der Waals surface area contributed by atoms with Crippen molar-refractivity contribution < 1.29 is 32.6 Å². The van der Waals surface area contributed by atoms with Gasteiger partial charge >= 0.3 is 12.3 Å². The number of nitrogens with one attached hydrogen (secondary N) is 1. The Hall–Kier alpha value is -2.25. The largest absolute Gasteiger partial charge is 0.573 e. The molecule has 22 heavy (non-hydrogen) atoms. The molecule has 2 unspecified atom stereocenters. The molecule has 5 nitrogen and oxygen atoms in total. The number of alkyl halides is 3. The van der Waals surface area contributed by atoms with E-state index in [9.17, 15) is 22.8 Å². The summed E-state index contributed by atoms with van der Waals surface area (Å²) in [5.74, 6) is -2.58. The van der Waals surface area contributed by atoms with Gasteiger partial charge < -0.3 is 15.2 Å². The van der Waals surface area contributed by atoms with Crippen LogP contribution in [0.2, 0.25) is 0 Å². The van der Waals surface area contributed by atoms with Crippen LogP contribution in [0.1, 0.15) is 30.6 Å². The van der Waals surface area contributed by atoms with Gasteiger partial charge in [-0.1, -0.05) is 20.3 Å². The van der Waals surface area contributed by atoms with Gasteiger partial charge in [-0.25, -0.2) is 4.79 Å². The lowest BCUT2D eigenvalue weighted by Crippen LogP contribution is -2.45. The van der Waals surface area contributed by atoms with Crippen LogP contribution in [0.25, 0.3) is 0 Å². The van der Waals surface area contributed by atoms with Gasteiger partial charge in [0.25, 0.3) is 5.91 Å². The number of carbonyl (C=O) groups excluding carboxylic acids is 1. The molecule has 0 aliphatic heterocycles. The molecule has 0 aromatic heterocycles. The second-order valence-electron chi connectivity index (χ2n) is 4.75. The molecule has 0 radical (unpaired) electrons. The third kappa shape index (κ3) is 5.27. The Labute approximate surface area is 125 Å². The lowest BCUT2D eigenvalue weighted by Gasteiger charge is -2.20. The summed E-state index contributed by atoms with van der Waals surface area (Å²) in [6.45, 7) is 3.47. The van der Waals surface area contributed by atoms with Gasteiger partial charge in [0.1, 0.15) is 11.8 Å². The zero-order valence-corrected chi connectivity index (χ0v) is 12.0. The predicted octanol–water partition coefficient (Wildman–Crippen LogP) is 2.81. The van der Waals surface area contributed by atoms with Crippen LogP contribution < -0.4 is 10.1 Å². The Kier molecular flexibility index (Phi) is 5.78. The number of halogens is 3. The number of amides is 1. The minimum Gasteiger partial charge on any atom is -0.480 e. The number of benzene rings is 1. The highest BCUT2D eigenvalue weighted by Gasteiger charge is 2.31. The highest BCUT2D eigenvalue weighted by molar-refractivity contribution is 5.96. The molecule has 1 aromatic carbocycles. The molecule has 0 saturated heterocycles. The van der Waals surface area contributed by atoms with Crippen LogP contribution in [-0.4, -0.2) is 29.4 Å². The molecule has 0 aliphatic rings. The molecule has 0 saturated carbocycles. The van der Waals surface area contributed by atoms with Gasteiger partial charge in [0.15, 0.2) is 0 Å². The molecule has 0 heterocycles. The fraction of sp³-hybridized carbons (Fsp3) is 0.429. The van der Waals surface area contributed by atoms with E-state index in [2.05, 4.69) is 10.1 Å². The quantitative estimate of drug-likeness (QED) is 0.845. The molecule has 8 heteroatoms. The fourth-order valence-electron chi connectivity index (χ4n) is 1.72. The third-order valence-corrected chi connectivity index (χ3v) is 3.12. The highest BCUT2D eigenvalue weighted by atomic mass is 19.4. The molecular formula is C14H16F3NO4. The standard InChI is InChI=1S/C14H16F3NO4/c1-3-8(2)11(13(20)21)18-12(19)9-4-6-10(7-5-9)22-14(15,16)17/h4-8,11H,3H2,1-2H3,(H,18,19)(H,20,21). The van der Waals surface area contributed by atoms with Crippen molar-refractivity contribution in [2.45, 2.75) is 32.7 Å². The highest BCUT2D eigenvalue weighted by Crippen LogP contribution is 2.22. The summed E-state index contributed by atoms with van der Waals surface area (Å²) in [6, 6.07) is 3.17. The minimum absolute atomic E-state index is 0.0454. The number of carboxylic acids is 1. The van der Waals surface area contributed by atoms with E-state index in [1.807, 2.05) is 0 Å².